The van der Waals surface area contributed by atoms with Crippen LogP contribution in [0.2, 0.25) is 10.0 Å². The summed E-state index contributed by atoms with van der Waals surface area (Å²) in [5.74, 6) is 0.796. The highest BCUT2D eigenvalue weighted by Gasteiger charge is 2.11. The summed E-state index contributed by atoms with van der Waals surface area (Å²) in [6.07, 6.45) is -0.199. The summed E-state index contributed by atoms with van der Waals surface area (Å²) >= 11 is 12.0. The highest BCUT2D eigenvalue weighted by molar-refractivity contribution is 6.33. The fourth-order valence-electron chi connectivity index (χ4n) is 1.98. The van der Waals surface area contributed by atoms with Gasteiger partial charge in [0.2, 0.25) is 0 Å². The summed E-state index contributed by atoms with van der Waals surface area (Å²) < 4.78 is 5.37. The van der Waals surface area contributed by atoms with Crippen molar-refractivity contribution in [3.63, 3.8) is 0 Å². The van der Waals surface area contributed by atoms with E-state index in [1.54, 1.807) is 18.2 Å². The van der Waals surface area contributed by atoms with E-state index in [1.165, 1.54) is 0 Å². The zero-order valence-electron chi connectivity index (χ0n) is 11.1. The molecule has 0 aromatic heterocycles. The molecular weight excluding hydrogens is 295 g/mol. The number of hydrogen-bond acceptors (Lipinski definition) is 2. The molecule has 2 nitrogen and oxygen atoms in total. The lowest BCUT2D eigenvalue weighted by Crippen LogP contribution is -2.02. The predicted octanol–water partition coefficient (Wildman–Crippen LogP) is 4.67. The smallest absolute Gasteiger partial charge is 0.119 e. The van der Waals surface area contributed by atoms with Crippen LogP contribution in [0.4, 0.5) is 0 Å². The van der Waals surface area contributed by atoms with Gasteiger partial charge in [0, 0.05) is 16.5 Å². The Hall–Kier alpha value is -1.22. The first-order valence-corrected chi connectivity index (χ1v) is 7.20. The van der Waals surface area contributed by atoms with Gasteiger partial charge in [-0.25, -0.2) is 0 Å². The Bertz CT molecular complexity index is 567. The van der Waals surface area contributed by atoms with E-state index in [4.69, 9.17) is 27.9 Å². The number of aliphatic hydroxyl groups excluding tert-OH is 1. The maximum absolute atomic E-state index is 10.3. The van der Waals surface area contributed by atoms with Crippen molar-refractivity contribution in [2.75, 3.05) is 6.61 Å². The fourth-order valence-corrected chi connectivity index (χ4v) is 2.37. The molecule has 1 unspecified atom stereocenters. The molecule has 4 heteroatoms. The van der Waals surface area contributed by atoms with Gasteiger partial charge in [-0.2, -0.15) is 0 Å². The highest BCUT2D eigenvalue weighted by atomic mass is 35.5. The van der Waals surface area contributed by atoms with Gasteiger partial charge < -0.3 is 9.84 Å². The molecule has 0 saturated heterocycles. The van der Waals surface area contributed by atoms with Gasteiger partial charge in [-0.15, -0.1) is 0 Å². The minimum absolute atomic E-state index is 0.424. The Kier molecular flexibility index (Phi) is 5.30. The van der Waals surface area contributed by atoms with E-state index in [-0.39, 0.29) is 0 Å². The van der Waals surface area contributed by atoms with E-state index < -0.39 is 6.10 Å². The molecule has 0 aliphatic carbocycles. The van der Waals surface area contributed by atoms with E-state index in [0.29, 0.717) is 23.1 Å². The normalized spacial score (nSPS) is 12.2. The third-order valence-electron chi connectivity index (χ3n) is 3.00. The standard InChI is InChI=1S/C16H16Cl2O2/c1-2-20-14-6-3-11(4-7-14)16(19)10-12-9-13(17)5-8-15(12)18/h3-9,16,19H,2,10H2,1H3. The average Bonchev–Trinajstić information content (AvgIpc) is 2.44. The van der Waals surface area contributed by atoms with Gasteiger partial charge >= 0.3 is 0 Å². The lowest BCUT2D eigenvalue weighted by Gasteiger charge is -2.13. The molecule has 0 amide bonds. The van der Waals surface area contributed by atoms with Gasteiger partial charge in [-0.3, -0.25) is 0 Å². The summed E-state index contributed by atoms with van der Waals surface area (Å²) in [5, 5.41) is 11.5. The Morgan fingerprint density at radius 3 is 2.45 bits per heavy atom. The molecule has 106 valence electrons. The Morgan fingerprint density at radius 1 is 1.10 bits per heavy atom. The van der Waals surface area contributed by atoms with Crippen molar-refractivity contribution in [2.45, 2.75) is 19.4 Å². The highest BCUT2D eigenvalue weighted by Crippen LogP contribution is 2.27. The van der Waals surface area contributed by atoms with Crippen LogP contribution in [-0.4, -0.2) is 11.7 Å². The van der Waals surface area contributed by atoms with Crippen LogP contribution < -0.4 is 4.74 Å². The monoisotopic (exact) mass is 310 g/mol. The van der Waals surface area contributed by atoms with E-state index in [2.05, 4.69) is 0 Å². The zero-order chi connectivity index (χ0) is 14.5. The topological polar surface area (TPSA) is 29.5 Å². The van der Waals surface area contributed by atoms with E-state index in [1.807, 2.05) is 31.2 Å². The molecular formula is C16H16Cl2O2. The molecule has 0 bridgehead atoms. The van der Waals surface area contributed by atoms with Crippen molar-refractivity contribution >= 4 is 23.2 Å². The van der Waals surface area contributed by atoms with Gasteiger partial charge in [-0.1, -0.05) is 35.3 Å². The van der Waals surface area contributed by atoms with Gasteiger partial charge in [0.15, 0.2) is 0 Å². The second kappa shape index (κ2) is 6.98. The Balaban J connectivity index is 2.11. The van der Waals surface area contributed by atoms with Crippen LogP contribution in [0.1, 0.15) is 24.2 Å². The molecule has 2 aromatic rings. The molecule has 0 spiro atoms. The first-order valence-electron chi connectivity index (χ1n) is 6.45. The first kappa shape index (κ1) is 15.2. The number of ether oxygens (including phenoxy) is 1. The molecule has 0 aliphatic rings. The Labute approximate surface area is 128 Å². The van der Waals surface area contributed by atoms with Crippen LogP contribution in [0.25, 0.3) is 0 Å². The molecule has 1 N–H and O–H groups in total. The maximum Gasteiger partial charge on any atom is 0.119 e. The average molecular weight is 311 g/mol. The predicted molar refractivity (Wildman–Crippen MR) is 82.7 cm³/mol. The number of halogens is 2. The van der Waals surface area contributed by atoms with Crippen molar-refractivity contribution in [1.82, 2.24) is 0 Å². The minimum Gasteiger partial charge on any atom is -0.494 e. The van der Waals surface area contributed by atoms with Gasteiger partial charge in [0.1, 0.15) is 5.75 Å². The summed E-state index contributed by atoms with van der Waals surface area (Å²) in [5.41, 5.74) is 1.66. The molecule has 0 fully saturated rings. The second-order valence-electron chi connectivity index (χ2n) is 4.46. The third-order valence-corrected chi connectivity index (χ3v) is 3.60. The fraction of sp³-hybridized carbons (Fsp3) is 0.250. The zero-order valence-corrected chi connectivity index (χ0v) is 12.7. The quantitative estimate of drug-likeness (QED) is 0.869. The molecule has 2 aromatic carbocycles. The number of benzene rings is 2. The SMILES string of the molecule is CCOc1ccc(C(O)Cc2cc(Cl)ccc2Cl)cc1. The largest absolute Gasteiger partial charge is 0.494 e. The molecule has 0 radical (unpaired) electrons. The van der Waals surface area contributed by atoms with Crippen LogP contribution in [0.3, 0.4) is 0 Å². The van der Waals surface area contributed by atoms with E-state index >= 15 is 0 Å². The number of hydrogen-bond donors (Lipinski definition) is 1. The molecule has 0 saturated carbocycles. The van der Waals surface area contributed by atoms with Crippen molar-refractivity contribution in [3.05, 3.63) is 63.6 Å². The van der Waals surface area contributed by atoms with Crippen molar-refractivity contribution in [1.29, 1.82) is 0 Å². The van der Waals surface area contributed by atoms with E-state index in [0.717, 1.165) is 16.9 Å². The van der Waals surface area contributed by atoms with Crippen molar-refractivity contribution in [2.24, 2.45) is 0 Å². The molecule has 0 heterocycles. The molecule has 2 rings (SSSR count). The van der Waals surface area contributed by atoms with Crippen LogP contribution in [0.15, 0.2) is 42.5 Å². The van der Waals surface area contributed by atoms with Crippen LogP contribution in [-0.2, 0) is 6.42 Å². The minimum atomic E-state index is -0.623. The van der Waals surface area contributed by atoms with Gasteiger partial charge in [-0.05, 0) is 48.4 Å². The molecule has 0 aliphatic heterocycles. The lowest BCUT2D eigenvalue weighted by molar-refractivity contribution is 0.178. The molecule has 1 atom stereocenters. The van der Waals surface area contributed by atoms with Gasteiger partial charge in [0.05, 0.1) is 12.7 Å². The van der Waals surface area contributed by atoms with Crippen LogP contribution in [0, 0.1) is 0 Å². The second-order valence-corrected chi connectivity index (χ2v) is 5.30. The lowest BCUT2D eigenvalue weighted by atomic mass is 10.0. The van der Waals surface area contributed by atoms with Crippen LogP contribution >= 0.6 is 23.2 Å². The van der Waals surface area contributed by atoms with Crippen molar-refractivity contribution in [3.8, 4) is 5.75 Å². The van der Waals surface area contributed by atoms with Crippen molar-refractivity contribution < 1.29 is 9.84 Å². The maximum atomic E-state index is 10.3. The number of aliphatic hydroxyl groups is 1. The number of rotatable bonds is 5. The van der Waals surface area contributed by atoms with E-state index in [9.17, 15) is 5.11 Å². The van der Waals surface area contributed by atoms with Crippen LogP contribution in [0.5, 0.6) is 5.75 Å². The summed E-state index contributed by atoms with van der Waals surface area (Å²) in [4.78, 5) is 0. The first-order chi connectivity index (χ1) is 9.60. The summed E-state index contributed by atoms with van der Waals surface area (Å²) in [6, 6.07) is 12.7. The Morgan fingerprint density at radius 2 is 1.80 bits per heavy atom. The summed E-state index contributed by atoms with van der Waals surface area (Å²) in [7, 11) is 0. The molecule has 20 heavy (non-hydrogen) atoms. The van der Waals surface area contributed by atoms with Gasteiger partial charge in [0.25, 0.3) is 0 Å². The third kappa shape index (κ3) is 3.89. The summed E-state index contributed by atoms with van der Waals surface area (Å²) in [6.45, 7) is 2.56.